The van der Waals surface area contributed by atoms with Crippen molar-refractivity contribution in [2.24, 2.45) is 29.6 Å². The van der Waals surface area contributed by atoms with Crippen LogP contribution in [0.25, 0.3) is 0 Å². The summed E-state index contributed by atoms with van der Waals surface area (Å²) < 4.78 is 0. The average Bonchev–Trinajstić information content (AvgIpc) is 2.97. The van der Waals surface area contributed by atoms with Crippen molar-refractivity contribution in [3.8, 4) is 0 Å². The second-order valence-electron chi connectivity index (χ2n) is 6.86. The van der Waals surface area contributed by atoms with E-state index in [9.17, 15) is 0 Å². The first kappa shape index (κ1) is 9.04. The molecule has 5 fully saturated rings. The molecule has 0 aromatic rings. The van der Waals surface area contributed by atoms with E-state index >= 15 is 0 Å². The largest absolute Gasteiger partial charge is 0.314 e. The molecule has 1 heteroatoms. The molecule has 1 N–H and O–H groups in total. The molecule has 5 rings (SSSR count). The smallest absolute Gasteiger partial charge is 0.0213 e. The topological polar surface area (TPSA) is 12.0 Å². The molecular weight excluding hydrogens is 182 g/mol. The lowest BCUT2D eigenvalue weighted by atomic mass is 9.50. The van der Waals surface area contributed by atoms with Crippen LogP contribution in [0.2, 0.25) is 0 Å². The maximum absolute atomic E-state index is 3.68. The van der Waals surface area contributed by atoms with Crippen LogP contribution >= 0.6 is 0 Å². The monoisotopic (exact) mass is 205 g/mol. The summed E-state index contributed by atoms with van der Waals surface area (Å²) in [6.45, 7) is 0. The predicted molar refractivity (Wildman–Crippen MR) is 61.6 cm³/mol. The molecule has 0 atom stereocenters. The van der Waals surface area contributed by atoms with E-state index in [-0.39, 0.29) is 0 Å². The third-order valence-corrected chi connectivity index (χ3v) is 6.15. The summed E-state index contributed by atoms with van der Waals surface area (Å²) in [5, 5.41) is 3.68. The van der Waals surface area contributed by atoms with Gasteiger partial charge in [0.05, 0.1) is 0 Å². The normalized spacial score (nSPS) is 54.6. The summed E-state index contributed by atoms with van der Waals surface area (Å²) in [5.41, 5.74) is 0.614. The molecular formula is C14H23N. The highest BCUT2D eigenvalue weighted by Gasteiger charge is 2.59. The van der Waals surface area contributed by atoms with Crippen LogP contribution < -0.4 is 5.32 Å². The Morgan fingerprint density at radius 1 is 0.867 bits per heavy atom. The van der Waals surface area contributed by atoms with E-state index in [0.29, 0.717) is 5.54 Å². The van der Waals surface area contributed by atoms with Crippen molar-refractivity contribution >= 4 is 0 Å². The molecule has 0 radical (unpaired) electrons. The zero-order valence-corrected chi connectivity index (χ0v) is 9.84. The Morgan fingerprint density at radius 2 is 1.40 bits per heavy atom. The Labute approximate surface area is 93.0 Å². The molecule has 1 nitrogen and oxygen atoms in total. The van der Waals surface area contributed by atoms with E-state index < -0.39 is 0 Å². The van der Waals surface area contributed by atoms with Crippen LogP contribution in [-0.4, -0.2) is 12.6 Å². The van der Waals surface area contributed by atoms with E-state index in [0.717, 1.165) is 29.6 Å². The van der Waals surface area contributed by atoms with Crippen molar-refractivity contribution in [2.45, 2.75) is 50.5 Å². The Morgan fingerprint density at radius 3 is 1.80 bits per heavy atom. The zero-order chi connectivity index (χ0) is 10.0. The second-order valence-corrected chi connectivity index (χ2v) is 6.86. The number of nitrogens with one attached hydrogen (secondary N) is 1. The first-order valence-corrected chi connectivity index (χ1v) is 6.99. The molecule has 5 saturated carbocycles. The van der Waals surface area contributed by atoms with Gasteiger partial charge in [0.1, 0.15) is 0 Å². The fraction of sp³-hybridized carbons (Fsp3) is 1.00. The molecule has 0 heterocycles. The summed E-state index contributed by atoms with van der Waals surface area (Å²) in [6, 6.07) is 0. The van der Waals surface area contributed by atoms with Crippen molar-refractivity contribution in [3.63, 3.8) is 0 Å². The van der Waals surface area contributed by atoms with Gasteiger partial charge < -0.3 is 5.32 Å². The first-order chi connectivity index (χ1) is 7.31. The van der Waals surface area contributed by atoms with Gasteiger partial charge in [0, 0.05) is 5.54 Å². The molecule has 0 aromatic heterocycles. The standard InChI is InChI=1S/C14H23N/c1-15-14(2-3-14)13-11-5-9-4-10(7-11)8-12(13)6-9/h9-13,15H,2-8H2,1H3. The minimum atomic E-state index is 0.614. The van der Waals surface area contributed by atoms with Gasteiger partial charge in [-0.3, -0.25) is 0 Å². The highest BCUT2D eigenvalue weighted by molar-refractivity contribution is 5.14. The van der Waals surface area contributed by atoms with Crippen molar-refractivity contribution in [1.29, 1.82) is 0 Å². The van der Waals surface area contributed by atoms with Crippen molar-refractivity contribution in [1.82, 2.24) is 5.32 Å². The minimum Gasteiger partial charge on any atom is -0.314 e. The minimum absolute atomic E-state index is 0.614. The van der Waals surface area contributed by atoms with E-state index in [1.54, 1.807) is 32.1 Å². The molecule has 0 aromatic carbocycles. The molecule has 0 spiro atoms. The maximum atomic E-state index is 3.68. The highest BCUT2D eigenvalue weighted by atomic mass is 15.0. The maximum Gasteiger partial charge on any atom is 0.0213 e. The molecule has 4 bridgehead atoms. The van der Waals surface area contributed by atoms with Gasteiger partial charge in [-0.25, -0.2) is 0 Å². The Balaban J connectivity index is 1.65. The van der Waals surface area contributed by atoms with Crippen molar-refractivity contribution in [3.05, 3.63) is 0 Å². The van der Waals surface area contributed by atoms with E-state index in [4.69, 9.17) is 0 Å². The quantitative estimate of drug-likeness (QED) is 0.731. The lowest BCUT2D eigenvalue weighted by Crippen LogP contribution is -2.53. The van der Waals surface area contributed by atoms with E-state index in [2.05, 4.69) is 12.4 Å². The van der Waals surface area contributed by atoms with Gasteiger partial charge in [0.2, 0.25) is 0 Å². The molecule has 15 heavy (non-hydrogen) atoms. The van der Waals surface area contributed by atoms with Gasteiger partial charge in [-0.2, -0.15) is 0 Å². The molecule has 0 aliphatic heterocycles. The third-order valence-electron chi connectivity index (χ3n) is 6.15. The van der Waals surface area contributed by atoms with Crippen LogP contribution in [-0.2, 0) is 0 Å². The summed E-state index contributed by atoms with van der Waals surface area (Å²) in [7, 11) is 2.21. The molecule has 0 saturated heterocycles. The zero-order valence-electron chi connectivity index (χ0n) is 9.84. The Kier molecular flexibility index (Phi) is 1.68. The van der Waals surface area contributed by atoms with Crippen LogP contribution in [0.5, 0.6) is 0 Å². The van der Waals surface area contributed by atoms with Gasteiger partial charge in [-0.1, -0.05) is 0 Å². The van der Waals surface area contributed by atoms with Gasteiger partial charge >= 0.3 is 0 Å². The summed E-state index contributed by atoms with van der Waals surface area (Å²) in [4.78, 5) is 0. The van der Waals surface area contributed by atoms with Crippen LogP contribution in [0.15, 0.2) is 0 Å². The second kappa shape index (κ2) is 2.80. The number of rotatable bonds is 2. The fourth-order valence-electron chi connectivity index (χ4n) is 5.71. The fourth-order valence-corrected chi connectivity index (χ4v) is 5.71. The van der Waals surface area contributed by atoms with Crippen molar-refractivity contribution < 1.29 is 0 Å². The van der Waals surface area contributed by atoms with Gasteiger partial charge in [0.25, 0.3) is 0 Å². The van der Waals surface area contributed by atoms with E-state index in [1.807, 2.05) is 0 Å². The molecule has 0 amide bonds. The lowest BCUT2D eigenvalue weighted by molar-refractivity contribution is -0.0560. The molecule has 5 aliphatic carbocycles. The summed E-state index contributed by atoms with van der Waals surface area (Å²) in [5.74, 6) is 5.55. The van der Waals surface area contributed by atoms with Crippen LogP contribution in [0, 0.1) is 29.6 Å². The van der Waals surface area contributed by atoms with Gasteiger partial charge in [-0.15, -0.1) is 0 Å². The van der Waals surface area contributed by atoms with Gasteiger partial charge in [0.15, 0.2) is 0 Å². The third kappa shape index (κ3) is 1.13. The van der Waals surface area contributed by atoms with Crippen LogP contribution in [0.4, 0.5) is 0 Å². The summed E-state index contributed by atoms with van der Waals surface area (Å²) >= 11 is 0. The summed E-state index contributed by atoms with van der Waals surface area (Å²) in [6.07, 6.45) is 10.9. The van der Waals surface area contributed by atoms with Crippen molar-refractivity contribution in [2.75, 3.05) is 7.05 Å². The SMILES string of the molecule is CNC1(C2C3CC4CC(C3)CC2C4)CC1. The average molecular weight is 205 g/mol. The van der Waals surface area contributed by atoms with Crippen LogP contribution in [0.1, 0.15) is 44.9 Å². The number of hydrogen-bond acceptors (Lipinski definition) is 1. The van der Waals surface area contributed by atoms with Gasteiger partial charge in [-0.05, 0) is 81.6 Å². The van der Waals surface area contributed by atoms with E-state index in [1.165, 1.54) is 12.8 Å². The molecule has 84 valence electrons. The highest BCUT2D eigenvalue weighted by Crippen LogP contribution is 2.63. The number of hydrogen-bond donors (Lipinski definition) is 1. The molecule has 0 unspecified atom stereocenters. The van der Waals surface area contributed by atoms with Crippen LogP contribution in [0.3, 0.4) is 0 Å². The predicted octanol–water partition coefficient (Wildman–Crippen LogP) is 2.81. The molecule has 5 aliphatic rings. The first-order valence-electron chi connectivity index (χ1n) is 6.99. The lowest BCUT2D eigenvalue weighted by Gasteiger charge is -2.57. The Bertz CT molecular complexity index is 251. The Hall–Kier alpha value is -0.0400.